The number of carbonyl (C=O) groups excluding carboxylic acids is 2. The highest BCUT2D eigenvalue weighted by atomic mass is 79.9. The number of halogens is 1. The van der Waals surface area contributed by atoms with Gasteiger partial charge in [-0.2, -0.15) is 0 Å². The highest BCUT2D eigenvalue weighted by Gasteiger charge is 2.34. The van der Waals surface area contributed by atoms with Gasteiger partial charge in [-0.3, -0.25) is 9.59 Å². The first-order valence-corrected chi connectivity index (χ1v) is 9.32. The summed E-state index contributed by atoms with van der Waals surface area (Å²) in [4.78, 5) is 26.3. The Labute approximate surface area is 161 Å². The van der Waals surface area contributed by atoms with Crippen LogP contribution in [0.5, 0.6) is 5.75 Å². The van der Waals surface area contributed by atoms with Crippen LogP contribution in [-0.4, -0.2) is 32.0 Å². The van der Waals surface area contributed by atoms with Crippen LogP contribution in [0.4, 0.5) is 5.69 Å². The molecule has 26 heavy (non-hydrogen) atoms. The van der Waals surface area contributed by atoms with Gasteiger partial charge >= 0.3 is 0 Å². The van der Waals surface area contributed by atoms with E-state index in [-0.39, 0.29) is 24.2 Å². The minimum absolute atomic E-state index is 0.0115. The fourth-order valence-corrected chi connectivity index (χ4v) is 3.28. The van der Waals surface area contributed by atoms with E-state index in [2.05, 4.69) is 21.2 Å². The molecule has 6 heteroatoms. The largest absolute Gasteiger partial charge is 0.497 e. The summed E-state index contributed by atoms with van der Waals surface area (Å²) < 4.78 is 6.09. The number of anilines is 1. The molecule has 1 saturated heterocycles. The highest BCUT2D eigenvalue weighted by molar-refractivity contribution is 9.10. The molecule has 2 amide bonds. The smallest absolute Gasteiger partial charge is 0.227 e. The van der Waals surface area contributed by atoms with Crippen LogP contribution in [0.25, 0.3) is 0 Å². The highest BCUT2D eigenvalue weighted by Crippen LogP contribution is 2.26. The standard InChI is InChI=1S/C20H21BrN2O3/c1-26-18-8-2-14(3-9-18)10-11-22-20(25)15-12-19(24)23(13-15)17-6-4-16(21)5-7-17/h2-9,15H,10-13H2,1H3,(H,22,25)/t15-/m0/s1. The third kappa shape index (κ3) is 4.43. The van der Waals surface area contributed by atoms with E-state index in [1.165, 1.54) is 0 Å². The summed E-state index contributed by atoms with van der Waals surface area (Å²) in [5.41, 5.74) is 1.96. The second kappa shape index (κ2) is 8.36. The lowest BCUT2D eigenvalue weighted by molar-refractivity contribution is -0.126. The van der Waals surface area contributed by atoms with Gasteiger partial charge in [0.15, 0.2) is 0 Å². The third-order valence-electron chi connectivity index (χ3n) is 4.51. The fourth-order valence-electron chi connectivity index (χ4n) is 3.02. The van der Waals surface area contributed by atoms with Gasteiger partial charge in [-0.05, 0) is 48.4 Å². The van der Waals surface area contributed by atoms with E-state index in [0.717, 1.165) is 27.9 Å². The van der Waals surface area contributed by atoms with E-state index in [0.29, 0.717) is 13.1 Å². The summed E-state index contributed by atoms with van der Waals surface area (Å²) in [6.45, 7) is 0.975. The molecule has 0 spiro atoms. The van der Waals surface area contributed by atoms with E-state index in [9.17, 15) is 9.59 Å². The van der Waals surface area contributed by atoms with Crippen LogP contribution in [-0.2, 0) is 16.0 Å². The Morgan fingerprint density at radius 2 is 1.88 bits per heavy atom. The van der Waals surface area contributed by atoms with Crippen LogP contribution in [0, 0.1) is 5.92 Å². The van der Waals surface area contributed by atoms with Gasteiger partial charge in [-0.15, -0.1) is 0 Å². The van der Waals surface area contributed by atoms with Crippen molar-refractivity contribution in [3.05, 3.63) is 58.6 Å². The quantitative estimate of drug-likeness (QED) is 0.786. The van der Waals surface area contributed by atoms with Crippen molar-refractivity contribution < 1.29 is 14.3 Å². The lowest BCUT2D eigenvalue weighted by Gasteiger charge is -2.16. The van der Waals surface area contributed by atoms with Crippen molar-refractivity contribution in [3.8, 4) is 5.75 Å². The number of rotatable bonds is 6. The van der Waals surface area contributed by atoms with Crippen molar-refractivity contribution in [3.63, 3.8) is 0 Å². The number of carbonyl (C=O) groups is 2. The zero-order valence-corrected chi connectivity index (χ0v) is 16.2. The molecule has 2 aromatic carbocycles. The summed E-state index contributed by atoms with van der Waals surface area (Å²) in [6.07, 6.45) is 0.997. The summed E-state index contributed by atoms with van der Waals surface area (Å²) in [7, 11) is 1.63. The molecular weight excluding hydrogens is 396 g/mol. The monoisotopic (exact) mass is 416 g/mol. The second-order valence-electron chi connectivity index (χ2n) is 6.27. The van der Waals surface area contributed by atoms with E-state index >= 15 is 0 Å². The zero-order chi connectivity index (χ0) is 18.5. The molecule has 1 fully saturated rings. The number of methoxy groups -OCH3 is 1. The first-order valence-electron chi connectivity index (χ1n) is 8.53. The topological polar surface area (TPSA) is 58.6 Å². The van der Waals surface area contributed by atoms with E-state index in [1.54, 1.807) is 12.0 Å². The van der Waals surface area contributed by atoms with Gasteiger partial charge < -0.3 is 15.0 Å². The molecule has 1 aliphatic rings. The molecule has 0 aromatic heterocycles. The zero-order valence-electron chi connectivity index (χ0n) is 14.6. The first kappa shape index (κ1) is 18.5. The van der Waals surface area contributed by atoms with Gasteiger partial charge in [0, 0.05) is 29.7 Å². The lowest BCUT2D eigenvalue weighted by Crippen LogP contribution is -2.34. The Kier molecular flexibility index (Phi) is 5.93. The van der Waals surface area contributed by atoms with Gasteiger partial charge in [0.2, 0.25) is 11.8 Å². The summed E-state index contributed by atoms with van der Waals surface area (Å²) in [5, 5.41) is 2.95. The van der Waals surface area contributed by atoms with Gasteiger partial charge in [0.05, 0.1) is 13.0 Å². The summed E-state index contributed by atoms with van der Waals surface area (Å²) in [5.74, 6) is 0.436. The molecule has 1 N–H and O–H groups in total. The molecule has 0 unspecified atom stereocenters. The Morgan fingerprint density at radius 3 is 2.54 bits per heavy atom. The van der Waals surface area contributed by atoms with Crippen molar-refractivity contribution in [1.82, 2.24) is 5.32 Å². The maximum Gasteiger partial charge on any atom is 0.227 e. The lowest BCUT2D eigenvalue weighted by atomic mass is 10.1. The van der Waals surface area contributed by atoms with Crippen LogP contribution < -0.4 is 15.0 Å². The van der Waals surface area contributed by atoms with E-state index in [1.807, 2.05) is 48.5 Å². The maximum absolute atomic E-state index is 12.4. The Morgan fingerprint density at radius 1 is 1.19 bits per heavy atom. The molecule has 0 radical (unpaired) electrons. The van der Waals surface area contributed by atoms with Crippen LogP contribution >= 0.6 is 15.9 Å². The van der Waals surface area contributed by atoms with Crippen molar-refractivity contribution >= 4 is 33.4 Å². The summed E-state index contributed by atoms with van der Waals surface area (Å²) >= 11 is 3.39. The van der Waals surface area contributed by atoms with Gasteiger partial charge in [0.25, 0.3) is 0 Å². The Hall–Kier alpha value is -2.34. The fraction of sp³-hybridized carbons (Fsp3) is 0.300. The molecule has 1 atom stereocenters. The molecule has 3 rings (SSSR count). The minimum atomic E-state index is -0.304. The van der Waals surface area contributed by atoms with E-state index < -0.39 is 0 Å². The van der Waals surface area contributed by atoms with Gasteiger partial charge in [-0.1, -0.05) is 28.1 Å². The third-order valence-corrected chi connectivity index (χ3v) is 5.03. The van der Waals surface area contributed by atoms with Crippen molar-refractivity contribution in [2.24, 2.45) is 5.92 Å². The molecule has 1 aliphatic heterocycles. The number of nitrogens with one attached hydrogen (secondary N) is 1. The SMILES string of the molecule is COc1ccc(CCNC(=O)[C@H]2CC(=O)N(c3ccc(Br)cc3)C2)cc1. The van der Waals surface area contributed by atoms with Crippen LogP contribution in [0.3, 0.4) is 0 Å². The van der Waals surface area contributed by atoms with Crippen molar-refractivity contribution in [2.45, 2.75) is 12.8 Å². The predicted octanol–water partition coefficient (Wildman–Crippen LogP) is 3.17. The van der Waals surface area contributed by atoms with Crippen LogP contribution in [0.2, 0.25) is 0 Å². The number of amides is 2. The molecule has 0 bridgehead atoms. The number of ether oxygens (including phenoxy) is 1. The number of hydrogen-bond acceptors (Lipinski definition) is 3. The predicted molar refractivity (Wildman–Crippen MR) is 104 cm³/mol. The maximum atomic E-state index is 12.4. The Balaban J connectivity index is 1.50. The average molecular weight is 417 g/mol. The van der Waals surface area contributed by atoms with Crippen molar-refractivity contribution in [1.29, 1.82) is 0 Å². The second-order valence-corrected chi connectivity index (χ2v) is 7.19. The minimum Gasteiger partial charge on any atom is -0.497 e. The molecule has 1 heterocycles. The molecule has 136 valence electrons. The number of hydrogen-bond donors (Lipinski definition) is 1. The molecule has 0 saturated carbocycles. The van der Waals surface area contributed by atoms with E-state index in [4.69, 9.17) is 4.74 Å². The van der Waals surface area contributed by atoms with Gasteiger partial charge in [0.1, 0.15) is 5.75 Å². The summed E-state index contributed by atoms with van der Waals surface area (Å²) in [6, 6.07) is 15.3. The molecular formula is C20H21BrN2O3. The first-order chi connectivity index (χ1) is 12.6. The number of benzene rings is 2. The molecule has 2 aromatic rings. The normalized spacial score (nSPS) is 16.6. The van der Waals surface area contributed by atoms with Crippen LogP contribution in [0.1, 0.15) is 12.0 Å². The van der Waals surface area contributed by atoms with Crippen LogP contribution in [0.15, 0.2) is 53.0 Å². The molecule has 5 nitrogen and oxygen atoms in total. The molecule has 0 aliphatic carbocycles. The Bertz CT molecular complexity index is 775. The van der Waals surface area contributed by atoms with Gasteiger partial charge in [-0.25, -0.2) is 0 Å². The van der Waals surface area contributed by atoms with Crippen molar-refractivity contribution in [2.75, 3.05) is 25.1 Å². The average Bonchev–Trinajstić information content (AvgIpc) is 3.05. The number of nitrogens with zero attached hydrogens (tertiary/aromatic N) is 1.